The Morgan fingerprint density at radius 3 is 2.60 bits per heavy atom. The van der Waals surface area contributed by atoms with Crippen molar-refractivity contribution in [3.05, 3.63) is 74.4 Å². The van der Waals surface area contributed by atoms with E-state index >= 15 is 0 Å². The Balaban J connectivity index is 1.21. The van der Waals surface area contributed by atoms with E-state index in [-0.39, 0.29) is 11.9 Å². The monoisotopic (exact) mass is 438 g/mol. The molecular formula is C23H26N4OS2. The second kappa shape index (κ2) is 8.98. The highest BCUT2D eigenvalue weighted by atomic mass is 32.1. The van der Waals surface area contributed by atoms with Crippen LogP contribution >= 0.6 is 22.7 Å². The van der Waals surface area contributed by atoms with Gasteiger partial charge in [0.2, 0.25) is 5.91 Å². The van der Waals surface area contributed by atoms with E-state index in [9.17, 15) is 4.79 Å². The highest BCUT2D eigenvalue weighted by Gasteiger charge is 2.34. The van der Waals surface area contributed by atoms with Gasteiger partial charge in [-0.3, -0.25) is 19.6 Å². The smallest absolute Gasteiger partial charge is 0.237 e. The van der Waals surface area contributed by atoms with Crippen LogP contribution in [-0.4, -0.2) is 64.9 Å². The Labute approximate surface area is 185 Å². The number of thiophene rings is 2. The van der Waals surface area contributed by atoms with Crippen LogP contribution in [0.5, 0.6) is 0 Å². The van der Waals surface area contributed by atoms with E-state index in [0.29, 0.717) is 6.54 Å². The van der Waals surface area contributed by atoms with Gasteiger partial charge >= 0.3 is 0 Å². The first-order chi connectivity index (χ1) is 14.8. The highest BCUT2D eigenvalue weighted by molar-refractivity contribution is 7.10. The van der Waals surface area contributed by atoms with Gasteiger partial charge in [0.15, 0.2) is 0 Å². The zero-order chi connectivity index (χ0) is 20.3. The van der Waals surface area contributed by atoms with Gasteiger partial charge < -0.3 is 4.90 Å². The van der Waals surface area contributed by atoms with Gasteiger partial charge in [0.25, 0.3) is 0 Å². The number of rotatable bonds is 5. The van der Waals surface area contributed by atoms with Crippen LogP contribution in [0.1, 0.15) is 27.1 Å². The molecule has 1 fully saturated rings. The molecule has 5 nitrogen and oxygen atoms in total. The van der Waals surface area contributed by atoms with Gasteiger partial charge in [0.1, 0.15) is 0 Å². The van der Waals surface area contributed by atoms with E-state index in [0.717, 1.165) is 51.4 Å². The predicted octanol–water partition coefficient (Wildman–Crippen LogP) is 3.50. The van der Waals surface area contributed by atoms with Crippen molar-refractivity contribution in [1.82, 2.24) is 19.7 Å². The summed E-state index contributed by atoms with van der Waals surface area (Å²) in [5.41, 5.74) is 2.43. The molecule has 5 rings (SSSR count). The van der Waals surface area contributed by atoms with Crippen LogP contribution in [0.3, 0.4) is 0 Å². The summed E-state index contributed by atoms with van der Waals surface area (Å²) in [5.74, 6) is 0.253. The summed E-state index contributed by atoms with van der Waals surface area (Å²) in [5, 5.41) is 4.28. The van der Waals surface area contributed by atoms with Crippen molar-refractivity contribution in [2.75, 3.05) is 39.3 Å². The lowest BCUT2D eigenvalue weighted by Crippen LogP contribution is -2.51. The van der Waals surface area contributed by atoms with E-state index in [1.54, 1.807) is 11.3 Å². The molecule has 1 saturated heterocycles. The van der Waals surface area contributed by atoms with Crippen molar-refractivity contribution in [3.8, 4) is 0 Å². The Hall–Kier alpha value is -2.06. The maximum absolute atomic E-state index is 13.3. The molecule has 156 valence electrons. The van der Waals surface area contributed by atoms with E-state index in [2.05, 4.69) is 54.7 Å². The Morgan fingerprint density at radius 1 is 0.967 bits per heavy atom. The number of nitrogens with zero attached hydrogens (tertiary/aromatic N) is 4. The van der Waals surface area contributed by atoms with Crippen LogP contribution in [0.4, 0.5) is 0 Å². The summed E-state index contributed by atoms with van der Waals surface area (Å²) in [7, 11) is 0. The summed E-state index contributed by atoms with van der Waals surface area (Å²) in [6, 6.07) is 12.6. The van der Waals surface area contributed by atoms with E-state index in [1.165, 1.54) is 15.3 Å². The largest absolute Gasteiger partial charge is 0.329 e. The van der Waals surface area contributed by atoms with Crippen molar-refractivity contribution in [2.45, 2.75) is 19.0 Å². The van der Waals surface area contributed by atoms with Gasteiger partial charge in [-0.05, 0) is 47.0 Å². The number of hydrogen-bond acceptors (Lipinski definition) is 6. The van der Waals surface area contributed by atoms with Crippen molar-refractivity contribution in [1.29, 1.82) is 0 Å². The molecule has 0 aromatic carbocycles. The third-order valence-electron chi connectivity index (χ3n) is 6.03. The summed E-state index contributed by atoms with van der Waals surface area (Å²) < 4.78 is 0. The summed E-state index contributed by atoms with van der Waals surface area (Å²) in [6.45, 7) is 6.03. The summed E-state index contributed by atoms with van der Waals surface area (Å²) in [6.07, 6.45) is 2.82. The lowest BCUT2D eigenvalue weighted by Gasteiger charge is -2.38. The predicted molar refractivity (Wildman–Crippen MR) is 122 cm³/mol. The molecule has 1 unspecified atom stereocenters. The van der Waals surface area contributed by atoms with Crippen molar-refractivity contribution in [2.24, 2.45) is 0 Å². The second-order valence-corrected chi connectivity index (χ2v) is 9.91. The minimum absolute atomic E-state index is 0.0814. The third-order valence-corrected chi connectivity index (χ3v) is 7.96. The number of amides is 1. The molecule has 2 aliphatic rings. The van der Waals surface area contributed by atoms with Gasteiger partial charge in [-0.25, -0.2) is 0 Å². The van der Waals surface area contributed by atoms with Gasteiger partial charge in [0, 0.05) is 55.2 Å². The Kier molecular flexibility index (Phi) is 5.95. The van der Waals surface area contributed by atoms with Crippen LogP contribution in [-0.2, 0) is 17.8 Å². The fourth-order valence-corrected chi connectivity index (χ4v) is 6.21. The molecule has 0 N–H and O–H groups in total. The number of carbonyl (C=O) groups is 1. The van der Waals surface area contributed by atoms with Crippen molar-refractivity contribution < 1.29 is 4.79 Å². The summed E-state index contributed by atoms with van der Waals surface area (Å²) in [4.78, 5) is 27.3. The van der Waals surface area contributed by atoms with Crippen LogP contribution in [0.2, 0.25) is 0 Å². The van der Waals surface area contributed by atoms with Gasteiger partial charge in [-0.2, -0.15) is 0 Å². The fraction of sp³-hybridized carbons (Fsp3) is 0.391. The van der Waals surface area contributed by atoms with Gasteiger partial charge in [0.05, 0.1) is 18.3 Å². The number of carbonyl (C=O) groups excluding carboxylic acids is 1. The number of fused-ring (bicyclic) bond motifs is 1. The van der Waals surface area contributed by atoms with E-state index < -0.39 is 0 Å². The van der Waals surface area contributed by atoms with Gasteiger partial charge in [-0.15, -0.1) is 22.7 Å². The van der Waals surface area contributed by atoms with Crippen LogP contribution in [0.25, 0.3) is 0 Å². The Morgan fingerprint density at radius 2 is 1.83 bits per heavy atom. The molecule has 0 radical (unpaired) electrons. The Bertz CT molecular complexity index is 964. The molecule has 5 heterocycles. The molecule has 1 amide bonds. The lowest BCUT2D eigenvalue weighted by atomic mass is 9.98. The van der Waals surface area contributed by atoms with Crippen molar-refractivity contribution in [3.63, 3.8) is 0 Å². The first-order valence-electron chi connectivity index (χ1n) is 10.5. The molecule has 1 atom stereocenters. The molecule has 3 aromatic heterocycles. The SMILES string of the molecule is O=C(CN1CCN(Cc2ccccn2)CC1)N1CCc2sccc2C1c1cccs1. The molecule has 7 heteroatoms. The maximum Gasteiger partial charge on any atom is 0.237 e. The van der Waals surface area contributed by atoms with Crippen molar-refractivity contribution >= 4 is 28.6 Å². The minimum atomic E-state index is 0.0814. The normalized spacial score (nSPS) is 20.3. The van der Waals surface area contributed by atoms with Gasteiger partial charge in [-0.1, -0.05) is 12.1 Å². The number of aromatic nitrogens is 1. The third kappa shape index (κ3) is 4.21. The molecule has 0 aliphatic carbocycles. The number of piperazine rings is 1. The molecule has 0 bridgehead atoms. The lowest BCUT2D eigenvalue weighted by molar-refractivity contribution is -0.134. The first-order valence-corrected chi connectivity index (χ1v) is 12.3. The average molecular weight is 439 g/mol. The standard InChI is InChI=1S/C23H26N4OS2/c28-22(17-26-12-10-25(11-13-26)16-18-4-1-2-8-24-18)27-9-6-20-19(7-15-30-20)23(27)21-5-3-14-29-21/h1-5,7-8,14-15,23H,6,9-13,16-17H2. The number of pyridine rings is 1. The first kappa shape index (κ1) is 19.9. The molecular weight excluding hydrogens is 412 g/mol. The molecule has 0 spiro atoms. The molecule has 0 saturated carbocycles. The summed E-state index contributed by atoms with van der Waals surface area (Å²) >= 11 is 3.57. The molecule has 3 aromatic rings. The maximum atomic E-state index is 13.3. The quantitative estimate of drug-likeness (QED) is 0.611. The fourth-order valence-electron chi connectivity index (χ4n) is 4.45. The van der Waals surface area contributed by atoms with Crippen LogP contribution in [0, 0.1) is 0 Å². The average Bonchev–Trinajstić information content (AvgIpc) is 3.47. The second-order valence-electron chi connectivity index (χ2n) is 7.93. The van der Waals surface area contributed by atoms with Crippen LogP contribution < -0.4 is 0 Å². The topological polar surface area (TPSA) is 39.7 Å². The van der Waals surface area contributed by atoms with E-state index in [4.69, 9.17) is 0 Å². The molecule has 2 aliphatic heterocycles. The minimum Gasteiger partial charge on any atom is -0.329 e. The van der Waals surface area contributed by atoms with E-state index in [1.807, 2.05) is 29.7 Å². The highest BCUT2D eigenvalue weighted by Crippen LogP contribution is 2.39. The van der Waals surface area contributed by atoms with Crippen LogP contribution in [0.15, 0.2) is 53.4 Å². The number of hydrogen-bond donors (Lipinski definition) is 0. The zero-order valence-corrected chi connectivity index (χ0v) is 18.6. The zero-order valence-electron chi connectivity index (χ0n) is 16.9. The molecule has 30 heavy (non-hydrogen) atoms.